The number of nitriles is 1. The van der Waals surface area contributed by atoms with Gasteiger partial charge in [0.2, 0.25) is 0 Å². The summed E-state index contributed by atoms with van der Waals surface area (Å²) in [6.07, 6.45) is 1.53. The van der Waals surface area contributed by atoms with Crippen LogP contribution in [0.2, 0.25) is 10.0 Å². The van der Waals surface area contributed by atoms with E-state index in [-0.39, 0.29) is 5.57 Å². The summed E-state index contributed by atoms with van der Waals surface area (Å²) in [5, 5.41) is 12.6. The number of carbonyl (C=O) groups excluding carboxylic acids is 1. The molecule has 0 saturated heterocycles. The van der Waals surface area contributed by atoms with E-state index in [2.05, 4.69) is 5.32 Å². The molecule has 112 valence electrons. The number of amides is 1. The van der Waals surface area contributed by atoms with Gasteiger partial charge in [0, 0.05) is 23.5 Å². The number of benzene rings is 1. The van der Waals surface area contributed by atoms with Crippen LogP contribution in [0.25, 0.3) is 6.08 Å². The normalized spacial score (nSPS) is 11.1. The number of nitrogens with zero attached hydrogens (tertiary/aromatic N) is 2. The van der Waals surface area contributed by atoms with Gasteiger partial charge in [0.15, 0.2) is 0 Å². The molecule has 4 nitrogen and oxygen atoms in total. The van der Waals surface area contributed by atoms with Crippen molar-refractivity contribution in [2.24, 2.45) is 7.05 Å². The topological polar surface area (TPSA) is 57.8 Å². The lowest BCUT2D eigenvalue weighted by molar-refractivity contribution is -0.112. The van der Waals surface area contributed by atoms with Crippen LogP contribution < -0.4 is 5.32 Å². The largest absolute Gasteiger partial charge is 0.348 e. The van der Waals surface area contributed by atoms with E-state index >= 15 is 0 Å². The zero-order chi connectivity index (χ0) is 16.3. The Morgan fingerprint density at radius 1 is 1.32 bits per heavy atom. The molecule has 0 aliphatic rings. The Labute approximate surface area is 138 Å². The fourth-order valence-corrected chi connectivity index (χ4v) is 2.31. The highest BCUT2D eigenvalue weighted by atomic mass is 35.5. The Hall–Kier alpha value is -2.22. The standard InChI is InChI=1S/C16H13Cl2N3O/c1-10-3-5-13(21(10)2)7-11(9-19)16(22)20-15-6-4-12(17)8-14(15)18/h3-8H,1-2H3,(H,20,22)/b11-7-. The number of rotatable bonds is 3. The third kappa shape index (κ3) is 3.51. The van der Waals surface area contributed by atoms with E-state index in [0.29, 0.717) is 15.7 Å². The molecule has 0 saturated carbocycles. The molecule has 0 atom stereocenters. The van der Waals surface area contributed by atoms with Crippen LogP contribution in [0.4, 0.5) is 5.69 Å². The zero-order valence-corrected chi connectivity index (χ0v) is 13.5. The second-order valence-electron chi connectivity index (χ2n) is 4.71. The van der Waals surface area contributed by atoms with Crippen molar-refractivity contribution in [1.29, 1.82) is 5.26 Å². The van der Waals surface area contributed by atoms with E-state index < -0.39 is 5.91 Å². The average molecular weight is 334 g/mol. The van der Waals surface area contributed by atoms with E-state index in [4.69, 9.17) is 23.2 Å². The van der Waals surface area contributed by atoms with E-state index in [9.17, 15) is 10.1 Å². The van der Waals surface area contributed by atoms with Crippen molar-refractivity contribution in [3.8, 4) is 6.07 Å². The summed E-state index contributed by atoms with van der Waals surface area (Å²) in [4.78, 5) is 12.2. The predicted molar refractivity (Wildman–Crippen MR) is 88.8 cm³/mol. The van der Waals surface area contributed by atoms with Crippen molar-refractivity contribution >= 4 is 40.9 Å². The first-order valence-electron chi connectivity index (χ1n) is 6.43. The van der Waals surface area contributed by atoms with Crippen molar-refractivity contribution in [1.82, 2.24) is 4.57 Å². The lowest BCUT2D eigenvalue weighted by Crippen LogP contribution is -2.14. The van der Waals surface area contributed by atoms with Crippen LogP contribution >= 0.6 is 23.2 Å². The first-order valence-corrected chi connectivity index (χ1v) is 7.18. The molecule has 1 amide bonds. The molecule has 0 radical (unpaired) electrons. The molecule has 0 bridgehead atoms. The fourth-order valence-electron chi connectivity index (χ4n) is 1.86. The minimum absolute atomic E-state index is 0.00721. The van der Waals surface area contributed by atoms with Crippen molar-refractivity contribution < 1.29 is 4.79 Å². The van der Waals surface area contributed by atoms with Crippen molar-refractivity contribution in [3.63, 3.8) is 0 Å². The molecule has 1 aromatic carbocycles. The molecule has 22 heavy (non-hydrogen) atoms. The third-order valence-corrected chi connectivity index (χ3v) is 3.80. The molecule has 6 heteroatoms. The molecule has 1 heterocycles. The number of aromatic nitrogens is 1. The summed E-state index contributed by atoms with van der Waals surface area (Å²) >= 11 is 11.8. The van der Waals surface area contributed by atoms with Gasteiger partial charge in [-0.05, 0) is 43.3 Å². The van der Waals surface area contributed by atoms with Gasteiger partial charge in [-0.25, -0.2) is 0 Å². The van der Waals surface area contributed by atoms with Gasteiger partial charge in [-0.15, -0.1) is 0 Å². The minimum Gasteiger partial charge on any atom is -0.348 e. The number of aryl methyl sites for hydroxylation is 1. The van der Waals surface area contributed by atoms with Gasteiger partial charge in [0.05, 0.1) is 10.7 Å². The van der Waals surface area contributed by atoms with Crippen molar-refractivity contribution in [2.75, 3.05) is 5.32 Å². The maximum Gasteiger partial charge on any atom is 0.266 e. The summed E-state index contributed by atoms with van der Waals surface area (Å²) in [6.45, 7) is 1.94. The van der Waals surface area contributed by atoms with Gasteiger partial charge in [0.1, 0.15) is 11.6 Å². The summed E-state index contributed by atoms with van der Waals surface area (Å²) < 4.78 is 1.89. The highest BCUT2D eigenvalue weighted by Crippen LogP contribution is 2.25. The lowest BCUT2D eigenvalue weighted by atomic mass is 10.2. The Bertz CT molecular complexity index is 800. The number of hydrogen-bond donors (Lipinski definition) is 1. The molecule has 1 aromatic heterocycles. The zero-order valence-electron chi connectivity index (χ0n) is 12.0. The molecular weight excluding hydrogens is 321 g/mol. The van der Waals surface area contributed by atoms with Crippen LogP contribution in [-0.4, -0.2) is 10.5 Å². The summed E-state index contributed by atoms with van der Waals surface area (Å²) in [5.41, 5.74) is 2.20. The number of nitrogens with one attached hydrogen (secondary N) is 1. The van der Waals surface area contributed by atoms with Gasteiger partial charge in [-0.2, -0.15) is 5.26 Å². The van der Waals surface area contributed by atoms with Crippen LogP contribution in [0, 0.1) is 18.3 Å². The molecule has 0 fully saturated rings. The number of halogens is 2. The van der Waals surface area contributed by atoms with Gasteiger partial charge in [-0.1, -0.05) is 23.2 Å². The smallest absolute Gasteiger partial charge is 0.266 e. The summed E-state index contributed by atoms with van der Waals surface area (Å²) in [5.74, 6) is -0.523. The number of carbonyl (C=O) groups is 1. The SMILES string of the molecule is Cc1ccc(/C=C(/C#N)C(=O)Nc2ccc(Cl)cc2Cl)n1C. The van der Waals surface area contributed by atoms with Gasteiger partial charge in [-0.3, -0.25) is 4.79 Å². The monoisotopic (exact) mass is 333 g/mol. The maximum absolute atomic E-state index is 12.2. The van der Waals surface area contributed by atoms with E-state index in [1.807, 2.05) is 36.7 Å². The van der Waals surface area contributed by atoms with Gasteiger partial charge < -0.3 is 9.88 Å². The Morgan fingerprint density at radius 3 is 2.59 bits per heavy atom. The van der Waals surface area contributed by atoms with Crippen molar-refractivity contribution in [3.05, 3.63) is 57.3 Å². The van der Waals surface area contributed by atoms with E-state index in [0.717, 1.165) is 11.4 Å². The predicted octanol–water partition coefficient (Wildman–Crippen LogP) is 4.19. The number of anilines is 1. The first-order chi connectivity index (χ1) is 10.4. The average Bonchev–Trinajstić information content (AvgIpc) is 2.79. The van der Waals surface area contributed by atoms with E-state index in [1.165, 1.54) is 12.1 Å². The summed E-state index contributed by atoms with van der Waals surface area (Å²) in [6, 6.07) is 10.4. The highest BCUT2D eigenvalue weighted by molar-refractivity contribution is 6.36. The second kappa shape index (κ2) is 6.69. The third-order valence-electron chi connectivity index (χ3n) is 3.25. The fraction of sp³-hybridized carbons (Fsp3) is 0.125. The van der Waals surface area contributed by atoms with Crippen LogP contribution in [0.5, 0.6) is 0 Å². The van der Waals surface area contributed by atoms with Gasteiger partial charge in [0.25, 0.3) is 5.91 Å². The molecule has 0 spiro atoms. The Morgan fingerprint density at radius 2 is 2.05 bits per heavy atom. The molecule has 0 aliphatic heterocycles. The summed E-state index contributed by atoms with van der Waals surface area (Å²) in [7, 11) is 1.87. The molecule has 2 rings (SSSR count). The Kier molecular flexibility index (Phi) is 4.92. The maximum atomic E-state index is 12.2. The molecular formula is C16H13Cl2N3O. The van der Waals surface area contributed by atoms with Crippen LogP contribution in [0.1, 0.15) is 11.4 Å². The lowest BCUT2D eigenvalue weighted by Gasteiger charge is -2.07. The van der Waals surface area contributed by atoms with E-state index in [1.54, 1.807) is 12.1 Å². The van der Waals surface area contributed by atoms with Crippen molar-refractivity contribution in [2.45, 2.75) is 6.92 Å². The molecule has 1 N–H and O–H groups in total. The minimum atomic E-state index is -0.523. The first kappa shape index (κ1) is 16.2. The number of hydrogen-bond acceptors (Lipinski definition) is 2. The van der Waals surface area contributed by atoms with Gasteiger partial charge >= 0.3 is 0 Å². The Balaban J connectivity index is 2.26. The highest BCUT2D eigenvalue weighted by Gasteiger charge is 2.12. The van der Waals surface area contributed by atoms with Crippen LogP contribution in [-0.2, 0) is 11.8 Å². The second-order valence-corrected chi connectivity index (χ2v) is 5.55. The molecule has 0 aliphatic carbocycles. The van der Waals surface area contributed by atoms with Crippen LogP contribution in [0.15, 0.2) is 35.9 Å². The quantitative estimate of drug-likeness (QED) is 0.676. The van der Waals surface area contributed by atoms with Crippen LogP contribution in [0.3, 0.4) is 0 Å². The molecule has 0 unspecified atom stereocenters. The molecule has 2 aromatic rings.